The van der Waals surface area contributed by atoms with Crippen LogP contribution in [0.25, 0.3) is 0 Å². The molecule has 1 fully saturated rings. The molecule has 3 amide bonds. The second-order valence-electron chi connectivity index (χ2n) is 7.36. The van der Waals surface area contributed by atoms with Gasteiger partial charge in [-0.3, -0.25) is 9.69 Å². The highest BCUT2D eigenvalue weighted by atomic mass is 32.2. The van der Waals surface area contributed by atoms with Crippen molar-refractivity contribution in [1.82, 2.24) is 0 Å². The number of benzene rings is 3. The van der Waals surface area contributed by atoms with Gasteiger partial charge in [0.2, 0.25) is 5.91 Å². The first-order valence-corrected chi connectivity index (χ1v) is 10.9. The molecule has 0 aliphatic carbocycles. The summed E-state index contributed by atoms with van der Waals surface area (Å²) in [6, 6.07) is 18.7. The monoisotopic (exact) mass is 435 g/mol. The molecule has 1 saturated heterocycles. The van der Waals surface area contributed by atoms with Crippen LogP contribution in [0.2, 0.25) is 0 Å². The second kappa shape index (κ2) is 8.81. The minimum Gasteiger partial charge on any atom is -0.308 e. The van der Waals surface area contributed by atoms with E-state index < -0.39 is 0 Å². The zero-order chi connectivity index (χ0) is 22.0. The van der Waals surface area contributed by atoms with Crippen molar-refractivity contribution in [3.8, 4) is 0 Å². The number of amides is 3. The lowest BCUT2D eigenvalue weighted by atomic mass is 10.1. The Bertz CT molecular complexity index is 1130. The smallest absolute Gasteiger partial charge is 0.308 e. The van der Waals surface area contributed by atoms with E-state index in [0.717, 1.165) is 22.4 Å². The number of carbonyl (C=O) groups is 2. The number of hydrogen-bond donors (Lipinski definition) is 2. The Morgan fingerprint density at radius 1 is 1.03 bits per heavy atom. The molecular formula is C24H22FN3O2S. The maximum atomic E-state index is 13.3. The van der Waals surface area contributed by atoms with Crippen molar-refractivity contribution in [2.45, 2.75) is 19.2 Å². The second-order valence-corrected chi connectivity index (χ2v) is 8.42. The molecule has 2 N–H and O–H groups in total. The largest absolute Gasteiger partial charge is 0.323 e. The van der Waals surface area contributed by atoms with Gasteiger partial charge in [-0.05, 0) is 73.0 Å². The van der Waals surface area contributed by atoms with Crippen LogP contribution in [0.1, 0.15) is 22.1 Å². The molecule has 3 aromatic carbocycles. The topological polar surface area (TPSA) is 61.4 Å². The highest BCUT2D eigenvalue weighted by Gasteiger charge is 2.34. The van der Waals surface area contributed by atoms with Gasteiger partial charge >= 0.3 is 6.03 Å². The molecule has 4 rings (SSSR count). The lowest BCUT2D eigenvalue weighted by molar-refractivity contribution is -0.115. The number of urea groups is 1. The number of rotatable bonds is 4. The normalized spacial score (nSPS) is 15.8. The van der Waals surface area contributed by atoms with Crippen LogP contribution in [0.4, 0.5) is 26.2 Å². The van der Waals surface area contributed by atoms with Crippen LogP contribution in [-0.4, -0.2) is 17.7 Å². The third kappa shape index (κ3) is 4.56. The quantitative estimate of drug-likeness (QED) is 0.539. The molecule has 1 aliphatic heterocycles. The molecule has 1 aliphatic rings. The standard InChI is InChI=1S/C24H22FN3O2S/c1-15-5-3-8-21(16(15)2)27-24(30)26-19-7-4-6-17(13-19)23-28(22(29)14-31-23)20-11-9-18(25)10-12-20/h3-13,23H,14H2,1-2H3,(H2,26,27,30). The molecular weight excluding hydrogens is 413 g/mol. The average molecular weight is 436 g/mol. The van der Waals surface area contributed by atoms with E-state index in [2.05, 4.69) is 10.6 Å². The highest BCUT2D eigenvalue weighted by molar-refractivity contribution is 8.00. The van der Waals surface area contributed by atoms with E-state index in [4.69, 9.17) is 0 Å². The molecule has 0 saturated carbocycles. The SMILES string of the molecule is Cc1cccc(NC(=O)Nc2cccc(C3SCC(=O)N3c3ccc(F)cc3)c2)c1C. The van der Waals surface area contributed by atoms with Crippen molar-refractivity contribution in [1.29, 1.82) is 0 Å². The Hall–Kier alpha value is -3.32. The Morgan fingerprint density at radius 3 is 2.55 bits per heavy atom. The van der Waals surface area contributed by atoms with Gasteiger partial charge in [-0.1, -0.05) is 24.3 Å². The fraction of sp³-hybridized carbons (Fsp3) is 0.167. The average Bonchev–Trinajstić information content (AvgIpc) is 3.13. The van der Waals surface area contributed by atoms with Crippen LogP contribution in [0, 0.1) is 19.7 Å². The minimum atomic E-state index is -0.347. The Morgan fingerprint density at radius 2 is 1.77 bits per heavy atom. The van der Waals surface area contributed by atoms with Crippen molar-refractivity contribution in [3.63, 3.8) is 0 Å². The van der Waals surface area contributed by atoms with Crippen molar-refractivity contribution in [2.75, 3.05) is 21.3 Å². The number of carbonyl (C=O) groups excluding carboxylic acids is 2. The third-order valence-corrected chi connectivity index (χ3v) is 6.47. The van der Waals surface area contributed by atoms with Crippen molar-refractivity contribution >= 4 is 40.8 Å². The van der Waals surface area contributed by atoms with Crippen LogP contribution < -0.4 is 15.5 Å². The summed E-state index contributed by atoms with van der Waals surface area (Å²) in [5.41, 5.74) is 5.02. The van der Waals surface area contributed by atoms with Gasteiger partial charge in [0.05, 0.1) is 5.75 Å². The molecule has 0 spiro atoms. The third-order valence-electron chi connectivity index (χ3n) is 5.26. The number of aryl methyl sites for hydroxylation is 1. The lowest BCUT2D eigenvalue weighted by Gasteiger charge is -2.24. The highest BCUT2D eigenvalue weighted by Crippen LogP contribution is 2.42. The fourth-order valence-electron chi connectivity index (χ4n) is 3.49. The maximum Gasteiger partial charge on any atom is 0.323 e. The van der Waals surface area contributed by atoms with Gasteiger partial charge in [0.1, 0.15) is 11.2 Å². The molecule has 1 unspecified atom stereocenters. The van der Waals surface area contributed by atoms with Gasteiger partial charge in [-0.15, -0.1) is 11.8 Å². The van der Waals surface area contributed by atoms with Crippen molar-refractivity contribution < 1.29 is 14.0 Å². The zero-order valence-corrected chi connectivity index (χ0v) is 18.0. The molecule has 0 bridgehead atoms. The van der Waals surface area contributed by atoms with Gasteiger partial charge < -0.3 is 10.6 Å². The maximum absolute atomic E-state index is 13.3. The molecule has 1 atom stereocenters. The minimum absolute atomic E-state index is 0.0346. The van der Waals surface area contributed by atoms with E-state index in [1.54, 1.807) is 23.1 Å². The molecule has 7 heteroatoms. The van der Waals surface area contributed by atoms with Crippen LogP contribution in [0.3, 0.4) is 0 Å². The molecule has 1 heterocycles. The number of anilines is 3. The Balaban J connectivity index is 1.52. The zero-order valence-electron chi connectivity index (χ0n) is 17.2. The summed E-state index contributed by atoms with van der Waals surface area (Å²) in [6.07, 6.45) is 0. The van der Waals surface area contributed by atoms with Gasteiger partial charge in [0, 0.05) is 17.1 Å². The molecule has 3 aromatic rings. The van der Waals surface area contributed by atoms with Gasteiger partial charge in [0.15, 0.2) is 0 Å². The van der Waals surface area contributed by atoms with E-state index in [1.165, 1.54) is 23.9 Å². The first-order chi connectivity index (χ1) is 14.9. The number of nitrogens with zero attached hydrogens (tertiary/aromatic N) is 1. The predicted molar refractivity (Wildman–Crippen MR) is 124 cm³/mol. The van der Waals surface area contributed by atoms with Gasteiger partial charge in [-0.25, -0.2) is 9.18 Å². The van der Waals surface area contributed by atoms with E-state index >= 15 is 0 Å². The number of thioether (sulfide) groups is 1. The first kappa shape index (κ1) is 20.9. The predicted octanol–water partition coefficient (Wildman–Crippen LogP) is 5.87. The summed E-state index contributed by atoms with van der Waals surface area (Å²) >= 11 is 1.50. The summed E-state index contributed by atoms with van der Waals surface area (Å²) in [6.45, 7) is 3.96. The van der Waals surface area contributed by atoms with Crippen LogP contribution in [0.5, 0.6) is 0 Å². The molecule has 0 aromatic heterocycles. The van der Waals surface area contributed by atoms with Crippen LogP contribution >= 0.6 is 11.8 Å². The molecule has 31 heavy (non-hydrogen) atoms. The van der Waals surface area contributed by atoms with Crippen LogP contribution in [0.15, 0.2) is 66.7 Å². The number of hydrogen-bond acceptors (Lipinski definition) is 3. The summed E-state index contributed by atoms with van der Waals surface area (Å²) in [5.74, 6) is -0.0411. The van der Waals surface area contributed by atoms with E-state index in [-0.39, 0.29) is 23.1 Å². The fourth-order valence-corrected chi connectivity index (χ4v) is 4.66. The molecule has 158 valence electrons. The summed E-state index contributed by atoms with van der Waals surface area (Å²) in [4.78, 5) is 26.7. The summed E-state index contributed by atoms with van der Waals surface area (Å²) in [7, 11) is 0. The lowest BCUT2D eigenvalue weighted by Crippen LogP contribution is -2.28. The summed E-state index contributed by atoms with van der Waals surface area (Å²) < 4.78 is 13.3. The summed E-state index contributed by atoms with van der Waals surface area (Å²) in [5, 5.41) is 5.49. The molecule has 5 nitrogen and oxygen atoms in total. The van der Waals surface area contributed by atoms with Crippen molar-refractivity contribution in [3.05, 3.63) is 89.2 Å². The number of halogens is 1. The van der Waals surface area contributed by atoms with E-state index in [9.17, 15) is 14.0 Å². The Kier molecular flexibility index (Phi) is 5.95. The first-order valence-electron chi connectivity index (χ1n) is 9.86. The number of nitrogens with one attached hydrogen (secondary N) is 2. The van der Waals surface area contributed by atoms with Gasteiger partial charge in [0.25, 0.3) is 0 Å². The van der Waals surface area contributed by atoms with E-state index in [0.29, 0.717) is 17.1 Å². The molecule has 0 radical (unpaired) electrons. The van der Waals surface area contributed by atoms with Crippen molar-refractivity contribution in [2.24, 2.45) is 0 Å². The van der Waals surface area contributed by atoms with Crippen LogP contribution in [-0.2, 0) is 4.79 Å². The van der Waals surface area contributed by atoms with Gasteiger partial charge in [-0.2, -0.15) is 0 Å². The Labute approximate surface area is 184 Å². The van der Waals surface area contributed by atoms with E-state index in [1.807, 2.05) is 50.2 Å².